The SMILES string of the molecule is COc1cccc2c1C(=O)c1c(O)c3c(c(O)c1C2=O)C[C@@](O)(C(C)=O)C[C@@H]3OC1CC([NH])C(O)C(C)O1. The molecule has 0 amide bonds. The number of aliphatic hydroxyl groups excluding tert-OH is 1. The van der Waals surface area contributed by atoms with E-state index in [-0.39, 0.29) is 40.8 Å². The van der Waals surface area contributed by atoms with Crippen molar-refractivity contribution in [2.24, 2.45) is 0 Å². The van der Waals surface area contributed by atoms with Gasteiger partial charge in [-0.05, 0) is 19.9 Å². The molecule has 0 spiro atoms. The van der Waals surface area contributed by atoms with Crippen molar-refractivity contribution in [1.82, 2.24) is 5.73 Å². The Hall–Kier alpha value is -3.35. The zero-order chi connectivity index (χ0) is 27.7. The number of ketones is 3. The molecule has 1 aliphatic heterocycles. The normalized spacial score (nSPS) is 30.3. The van der Waals surface area contributed by atoms with Gasteiger partial charge in [-0.25, -0.2) is 0 Å². The Morgan fingerprint density at radius 1 is 1.13 bits per heavy atom. The molecule has 3 aliphatic rings. The van der Waals surface area contributed by atoms with Crippen molar-refractivity contribution in [3.8, 4) is 17.2 Å². The van der Waals surface area contributed by atoms with Gasteiger partial charge in [0.2, 0.25) is 5.78 Å². The Labute approximate surface area is 217 Å². The van der Waals surface area contributed by atoms with Gasteiger partial charge < -0.3 is 34.6 Å². The predicted molar refractivity (Wildman–Crippen MR) is 129 cm³/mol. The lowest BCUT2D eigenvalue weighted by molar-refractivity contribution is -0.247. The molecule has 1 heterocycles. The molecule has 1 saturated heterocycles. The van der Waals surface area contributed by atoms with E-state index in [0.29, 0.717) is 0 Å². The molecule has 11 heteroatoms. The number of benzene rings is 2. The largest absolute Gasteiger partial charge is 0.507 e. The summed E-state index contributed by atoms with van der Waals surface area (Å²) in [5, 5.41) is 44.0. The third-order valence-electron chi connectivity index (χ3n) is 7.75. The molecule has 6 atom stereocenters. The van der Waals surface area contributed by atoms with Gasteiger partial charge in [-0.3, -0.25) is 20.1 Å². The molecule has 4 unspecified atom stereocenters. The van der Waals surface area contributed by atoms with Gasteiger partial charge in [0.25, 0.3) is 0 Å². The molecular formula is C27H28NO10. The Bertz CT molecular complexity index is 1360. The van der Waals surface area contributed by atoms with Crippen LogP contribution in [0.5, 0.6) is 17.2 Å². The lowest BCUT2D eigenvalue weighted by atomic mass is 9.72. The number of Topliss-reactive ketones (excluding diaryl/α,β-unsaturated/α-hetero) is 1. The van der Waals surface area contributed by atoms with Crippen LogP contribution in [0.3, 0.4) is 0 Å². The van der Waals surface area contributed by atoms with Crippen molar-refractivity contribution in [2.75, 3.05) is 7.11 Å². The van der Waals surface area contributed by atoms with E-state index in [1.54, 1.807) is 6.92 Å². The highest BCUT2D eigenvalue weighted by Gasteiger charge is 2.49. The van der Waals surface area contributed by atoms with Gasteiger partial charge in [0.15, 0.2) is 17.9 Å². The molecule has 0 bridgehead atoms. The molecule has 2 aromatic rings. The second kappa shape index (κ2) is 9.14. The van der Waals surface area contributed by atoms with Crippen LogP contribution in [0.15, 0.2) is 18.2 Å². The summed E-state index contributed by atoms with van der Waals surface area (Å²) in [4.78, 5) is 39.6. The summed E-state index contributed by atoms with van der Waals surface area (Å²) in [7, 11) is 1.33. The molecule has 201 valence electrons. The van der Waals surface area contributed by atoms with Crippen LogP contribution in [-0.2, 0) is 20.7 Å². The first kappa shape index (κ1) is 26.3. The maximum absolute atomic E-state index is 13.6. The number of aliphatic hydroxyl groups is 2. The highest BCUT2D eigenvalue weighted by atomic mass is 16.7. The smallest absolute Gasteiger partial charge is 0.202 e. The van der Waals surface area contributed by atoms with Gasteiger partial charge in [-0.1, -0.05) is 12.1 Å². The van der Waals surface area contributed by atoms with Crippen LogP contribution >= 0.6 is 0 Å². The summed E-state index contributed by atoms with van der Waals surface area (Å²) in [6.07, 6.45) is -4.94. The van der Waals surface area contributed by atoms with E-state index in [1.165, 1.54) is 32.2 Å². The first-order valence-corrected chi connectivity index (χ1v) is 12.2. The second-order valence-electron chi connectivity index (χ2n) is 10.1. The standard InChI is InChI=1S/C27H28NO10/c1-10-22(30)14(28)7-17(37-10)38-16-9-27(35,11(2)29)8-13-19(16)26(34)21-20(24(13)32)23(31)12-5-4-6-15(36-3)18(12)25(21)33/h4-6,10,14,16-17,22,28,30,32,34-35H,7-9H2,1-3H3/t10?,14?,16-,17?,22?,27-/m0/s1. The van der Waals surface area contributed by atoms with Gasteiger partial charge in [-0.15, -0.1) is 0 Å². The average Bonchev–Trinajstić information content (AvgIpc) is 2.87. The van der Waals surface area contributed by atoms with Crippen molar-refractivity contribution in [3.63, 3.8) is 0 Å². The molecule has 1 radical (unpaired) electrons. The number of nitrogens with one attached hydrogen (secondary N) is 1. The lowest BCUT2D eigenvalue weighted by Gasteiger charge is -2.42. The lowest BCUT2D eigenvalue weighted by Crippen LogP contribution is -2.50. The van der Waals surface area contributed by atoms with E-state index in [1.807, 2.05) is 0 Å². The Morgan fingerprint density at radius 3 is 2.45 bits per heavy atom. The molecular weight excluding hydrogens is 498 g/mol. The Balaban J connectivity index is 1.68. The average molecular weight is 527 g/mol. The fourth-order valence-electron chi connectivity index (χ4n) is 5.62. The second-order valence-corrected chi connectivity index (χ2v) is 10.1. The monoisotopic (exact) mass is 526 g/mol. The van der Waals surface area contributed by atoms with E-state index in [0.717, 1.165) is 0 Å². The maximum atomic E-state index is 13.6. The predicted octanol–water partition coefficient (Wildman–Crippen LogP) is 1.35. The number of carbonyl (C=O) groups excluding carboxylic acids is 3. The molecule has 38 heavy (non-hydrogen) atoms. The number of aromatic hydroxyl groups is 2. The van der Waals surface area contributed by atoms with E-state index < -0.39 is 82.6 Å². The van der Waals surface area contributed by atoms with Crippen LogP contribution < -0.4 is 10.5 Å². The molecule has 2 aliphatic carbocycles. The third kappa shape index (κ3) is 3.81. The van der Waals surface area contributed by atoms with Crippen LogP contribution in [0, 0.1) is 0 Å². The molecule has 11 nitrogen and oxygen atoms in total. The van der Waals surface area contributed by atoms with E-state index >= 15 is 0 Å². The van der Waals surface area contributed by atoms with Crippen molar-refractivity contribution >= 4 is 17.3 Å². The third-order valence-corrected chi connectivity index (χ3v) is 7.75. The summed E-state index contributed by atoms with van der Waals surface area (Å²) < 4.78 is 17.0. The number of carbonyl (C=O) groups is 3. The number of fused-ring (bicyclic) bond motifs is 3. The number of phenols is 2. The molecule has 0 saturated carbocycles. The first-order chi connectivity index (χ1) is 17.9. The summed E-state index contributed by atoms with van der Waals surface area (Å²) in [5.41, 5.74) is 4.98. The van der Waals surface area contributed by atoms with Crippen LogP contribution in [0.25, 0.3) is 0 Å². The summed E-state index contributed by atoms with van der Waals surface area (Å²) in [6.45, 7) is 2.74. The Kier molecular flexibility index (Phi) is 6.32. The highest BCUT2D eigenvalue weighted by Crippen LogP contribution is 2.52. The molecule has 5 N–H and O–H groups in total. The fourth-order valence-corrected chi connectivity index (χ4v) is 5.62. The topological polar surface area (TPSA) is 184 Å². The number of hydrogen-bond donors (Lipinski definition) is 4. The summed E-state index contributed by atoms with van der Waals surface area (Å²) >= 11 is 0. The van der Waals surface area contributed by atoms with Gasteiger partial charge in [0.1, 0.15) is 22.8 Å². The molecule has 2 aromatic carbocycles. The van der Waals surface area contributed by atoms with Crippen molar-refractivity contribution in [1.29, 1.82) is 0 Å². The molecule has 5 rings (SSSR count). The van der Waals surface area contributed by atoms with E-state index in [4.69, 9.17) is 19.9 Å². The number of hydrogen-bond acceptors (Lipinski definition) is 10. The number of ether oxygens (including phenoxy) is 3. The number of phenolic OH excluding ortho intramolecular Hbond substituents is 2. The fraction of sp³-hybridized carbons (Fsp3) is 0.444. The van der Waals surface area contributed by atoms with Gasteiger partial charge in [-0.2, -0.15) is 0 Å². The molecule has 1 fully saturated rings. The maximum Gasteiger partial charge on any atom is 0.202 e. The van der Waals surface area contributed by atoms with E-state index in [2.05, 4.69) is 0 Å². The van der Waals surface area contributed by atoms with Gasteiger partial charge in [0.05, 0.1) is 48.2 Å². The van der Waals surface area contributed by atoms with Gasteiger partial charge in [0, 0.05) is 36.0 Å². The summed E-state index contributed by atoms with van der Waals surface area (Å²) in [6, 6.07) is 3.48. The Morgan fingerprint density at radius 2 is 1.82 bits per heavy atom. The zero-order valence-corrected chi connectivity index (χ0v) is 21.0. The summed E-state index contributed by atoms with van der Waals surface area (Å²) in [5.74, 6) is -3.24. The first-order valence-electron chi connectivity index (χ1n) is 12.2. The molecule has 0 aromatic heterocycles. The minimum absolute atomic E-state index is 0.0217. The highest BCUT2D eigenvalue weighted by molar-refractivity contribution is 6.31. The van der Waals surface area contributed by atoms with Gasteiger partial charge >= 0.3 is 0 Å². The van der Waals surface area contributed by atoms with Crippen LogP contribution in [0.4, 0.5) is 0 Å². The van der Waals surface area contributed by atoms with Crippen LogP contribution in [0.2, 0.25) is 0 Å². The quantitative estimate of drug-likeness (QED) is 0.362. The van der Waals surface area contributed by atoms with Crippen molar-refractivity contribution in [2.45, 2.75) is 69.4 Å². The van der Waals surface area contributed by atoms with Crippen molar-refractivity contribution in [3.05, 3.63) is 51.6 Å². The van der Waals surface area contributed by atoms with E-state index in [9.17, 15) is 34.8 Å². The number of rotatable bonds is 4. The van der Waals surface area contributed by atoms with Crippen LogP contribution in [-0.4, -0.2) is 75.0 Å². The number of methoxy groups -OCH3 is 1. The van der Waals surface area contributed by atoms with Crippen molar-refractivity contribution < 1.29 is 49.0 Å². The minimum Gasteiger partial charge on any atom is -0.507 e. The van der Waals surface area contributed by atoms with Crippen LogP contribution in [0.1, 0.15) is 75.8 Å². The zero-order valence-electron chi connectivity index (χ0n) is 21.0. The minimum atomic E-state index is -2.02.